The largest absolute Gasteiger partial charge is 0.345 e. The molecule has 0 bridgehead atoms. The Morgan fingerprint density at radius 3 is 2.06 bits per heavy atom. The maximum atomic E-state index is 11.9. The fraction of sp³-hybridized carbons (Fsp3) is 0.833. The van der Waals surface area contributed by atoms with Crippen LogP contribution in [0.2, 0.25) is 0 Å². The third-order valence-electron chi connectivity index (χ3n) is 3.28. The van der Waals surface area contributed by atoms with E-state index < -0.39 is 5.54 Å². The SMILES string of the molecule is CCN(CC)C(=O)CNC(=O)[C@@](C)(CC)NC. The molecule has 5 heteroatoms. The molecule has 0 aromatic carbocycles. The fourth-order valence-corrected chi connectivity index (χ4v) is 1.49. The van der Waals surface area contributed by atoms with E-state index in [0.717, 1.165) is 0 Å². The van der Waals surface area contributed by atoms with Crippen LogP contribution < -0.4 is 10.6 Å². The van der Waals surface area contributed by atoms with Crippen LogP contribution in [0.4, 0.5) is 0 Å². The van der Waals surface area contributed by atoms with Crippen molar-refractivity contribution in [1.29, 1.82) is 0 Å². The zero-order chi connectivity index (χ0) is 13.5. The summed E-state index contributed by atoms with van der Waals surface area (Å²) in [6.07, 6.45) is 0.675. The molecule has 0 rings (SSSR count). The van der Waals surface area contributed by atoms with E-state index in [1.54, 1.807) is 11.9 Å². The number of nitrogens with zero attached hydrogens (tertiary/aromatic N) is 1. The Morgan fingerprint density at radius 2 is 1.71 bits per heavy atom. The summed E-state index contributed by atoms with van der Waals surface area (Å²) >= 11 is 0. The van der Waals surface area contributed by atoms with Gasteiger partial charge in [-0.1, -0.05) is 6.92 Å². The standard InChI is InChI=1S/C12H25N3O2/c1-6-12(4,13-5)11(17)14-9-10(16)15(7-2)8-3/h13H,6-9H2,1-5H3,(H,14,17)/t12-/m1/s1. The summed E-state index contributed by atoms with van der Waals surface area (Å²) in [7, 11) is 1.75. The minimum atomic E-state index is -0.608. The van der Waals surface area contributed by atoms with Gasteiger partial charge in [-0.2, -0.15) is 0 Å². The second-order valence-corrected chi connectivity index (χ2v) is 4.18. The van der Waals surface area contributed by atoms with Crippen molar-refractivity contribution in [3.63, 3.8) is 0 Å². The Hall–Kier alpha value is -1.10. The first kappa shape index (κ1) is 15.9. The first-order valence-electron chi connectivity index (χ1n) is 6.20. The van der Waals surface area contributed by atoms with E-state index in [9.17, 15) is 9.59 Å². The topological polar surface area (TPSA) is 61.4 Å². The van der Waals surface area contributed by atoms with Gasteiger partial charge in [-0.15, -0.1) is 0 Å². The number of likely N-dealkylation sites (N-methyl/N-ethyl adjacent to an activating group) is 2. The van der Waals surface area contributed by atoms with Gasteiger partial charge in [0.05, 0.1) is 12.1 Å². The van der Waals surface area contributed by atoms with Crippen LogP contribution in [0.1, 0.15) is 34.1 Å². The van der Waals surface area contributed by atoms with Crippen molar-refractivity contribution in [1.82, 2.24) is 15.5 Å². The molecule has 0 spiro atoms. The summed E-state index contributed by atoms with van der Waals surface area (Å²) in [4.78, 5) is 25.3. The fourth-order valence-electron chi connectivity index (χ4n) is 1.49. The van der Waals surface area contributed by atoms with Crippen LogP contribution >= 0.6 is 0 Å². The van der Waals surface area contributed by atoms with Crippen LogP contribution in [0, 0.1) is 0 Å². The van der Waals surface area contributed by atoms with E-state index in [2.05, 4.69) is 10.6 Å². The molecule has 0 unspecified atom stereocenters. The summed E-state index contributed by atoms with van der Waals surface area (Å²) in [5.41, 5.74) is -0.608. The van der Waals surface area contributed by atoms with Crippen molar-refractivity contribution >= 4 is 11.8 Å². The Balaban J connectivity index is 4.29. The minimum absolute atomic E-state index is 0.0436. The molecule has 0 radical (unpaired) electrons. The number of carbonyl (C=O) groups is 2. The van der Waals surface area contributed by atoms with Gasteiger partial charge in [0.25, 0.3) is 0 Å². The maximum absolute atomic E-state index is 11.9. The first-order chi connectivity index (χ1) is 7.95. The van der Waals surface area contributed by atoms with Crippen molar-refractivity contribution in [2.75, 3.05) is 26.7 Å². The molecular formula is C12H25N3O2. The van der Waals surface area contributed by atoms with Gasteiger partial charge in [0.15, 0.2) is 0 Å². The predicted octanol–water partition coefficient (Wildman–Crippen LogP) is 0.359. The summed E-state index contributed by atoms with van der Waals surface area (Å²) in [5, 5.41) is 5.65. The van der Waals surface area contributed by atoms with Crippen molar-refractivity contribution in [3.05, 3.63) is 0 Å². The molecule has 0 saturated carbocycles. The number of hydrogen-bond donors (Lipinski definition) is 2. The van der Waals surface area contributed by atoms with Crippen molar-refractivity contribution in [3.8, 4) is 0 Å². The van der Waals surface area contributed by atoms with Gasteiger partial charge in [0.2, 0.25) is 11.8 Å². The molecule has 0 fully saturated rings. The van der Waals surface area contributed by atoms with E-state index in [4.69, 9.17) is 0 Å². The molecule has 100 valence electrons. The Kier molecular flexibility index (Phi) is 6.80. The average Bonchev–Trinajstić information content (AvgIpc) is 2.36. The molecule has 2 N–H and O–H groups in total. The van der Waals surface area contributed by atoms with Gasteiger partial charge >= 0.3 is 0 Å². The minimum Gasteiger partial charge on any atom is -0.345 e. The average molecular weight is 243 g/mol. The molecule has 0 aliphatic heterocycles. The summed E-state index contributed by atoms with van der Waals surface area (Å²) in [5.74, 6) is -0.180. The smallest absolute Gasteiger partial charge is 0.241 e. The number of hydrogen-bond acceptors (Lipinski definition) is 3. The first-order valence-corrected chi connectivity index (χ1v) is 6.20. The molecule has 0 saturated heterocycles. The van der Waals surface area contributed by atoms with Crippen LogP contribution in [0.15, 0.2) is 0 Å². The van der Waals surface area contributed by atoms with E-state index in [1.165, 1.54) is 0 Å². The normalized spacial score (nSPS) is 13.9. The molecule has 0 aromatic heterocycles. The van der Waals surface area contributed by atoms with Crippen LogP contribution in [0.5, 0.6) is 0 Å². The molecule has 17 heavy (non-hydrogen) atoms. The van der Waals surface area contributed by atoms with E-state index in [1.807, 2.05) is 27.7 Å². The molecular weight excluding hydrogens is 218 g/mol. The molecule has 1 atom stereocenters. The molecule has 0 aliphatic rings. The lowest BCUT2D eigenvalue weighted by atomic mass is 9.98. The summed E-state index contributed by atoms with van der Waals surface area (Å²) in [6.45, 7) is 9.01. The zero-order valence-electron chi connectivity index (χ0n) is 11.6. The number of amides is 2. The molecule has 0 aromatic rings. The molecule has 0 aliphatic carbocycles. The lowest BCUT2D eigenvalue weighted by molar-refractivity contribution is -0.134. The number of nitrogens with one attached hydrogen (secondary N) is 2. The third-order valence-corrected chi connectivity index (χ3v) is 3.28. The number of rotatable bonds is 7. The van der Waals surface area contributed by atoms with E-state index in [0.29, 0.717) is 19.5 Å². The highest BCUT2D eigenvalue weighted by molar-refractivity contribution is 5.89. The third kappa shape index (κ3) is 4.34. The molecule has 0 heterocycles. The van der Waals surface area contributed by atoms with Gasteiger partial charge in [0, 0.05) is 13.1 Å². The van der Waals surface area contributed by atoms with Crippen LogP contribution in [0.25, 0.3) is 0 Å². The Morgan fingerprint density at radius 1 is 1.18 bits per heavy atom. The summed E-state index contributed by atoms with van der Waals surface area (Å²) < 4.78 is 0. The van der Waals surface area contributed by atoms with Crippen molar-refractivity contribution in [2.24, 2.45) is 0 Å². The van der Waals surface area contributed by atoms with Crippen molar-refractivity contribution in [2.45, 2.75) is 39.7 Å². The van der Waals surface area contributed by atoms with Gasteiger partial charge in [-0.05, 0) is 34.2 Å². The van der Waals surface area contributed by atoms with Crippen LogP contribution in [-0.4, -0.2) is 48.9 Å². The van der Waals surface area contributed by atoms with Crippen molar-refractivity contribution < 1.29 is 9.59 Å². The van der Waals surface area contributed by atoms with Gasteiger partial charge < -0.3 is 15.5 Å². The highest BCUT2D eigenvalue weighted by atomic mass is 16.2. The van der Waals surface area contributed by atoms with Gasteiger partial charge in [-0.3, -0.25) is 9.59 Å². The number of carbonyl (C=O) groups excluding carboxylic acids is 2. The second kappa shape index (κ2) is 7.27. The Labute approximate surface area is 104 Å². The van der Waals surface area contributed by atoms with E-state index >= 15 is 0 Å². The quantitative estimate of drug-likeness (QED) is 0.678. The predicted molar refractivity (Wildman–Crippen MR) is 68.7 cm³/mol. The van der Waals surface area contributed by atoms with Gasteiger partial charge in [-0.25, -0.2) is 0 Å². The van der Waals surface area contributed by atoms with Crippen LogP contribution in [-0.2, 0) is 9.59 Å². The Bertz CT molecular complexity index is 258. The highest BCUT2D eigenvalue weighted by Gasteiger charge is 2.29. The molecule has 5 nitrogen and oxygen atoms in total. The second-order valence-electron chi connectivity index (χ2n) is 4.18. The summed E-state index contributed by atoms with van der Waals surface area (Å²) in [6, 6.07) is 0. The van der Waals surface area contributed by atoms with Crippen LogP contribution in [0.3, 0.4) is 0 Å². The highest BCUT2D eigenvalue weighted by Crippen LogP contribution is 2.07. The lowest BCUT2D eigenvalue weighted by Gasteiger charge is -2.27. The zero-order valence-corrected chi connectivity index (χ0v) is 11.6. The van der Waals surface area contributed by atoms with Gasteiger partial charge in [0.1, 0.15) is 0 Å². The van der Waals surface area contributed by atoms with E-state index in [-0.39, 0.29) is 18.4 Å². The monoisotopic (exact) mass is 243 g/mol. The lowest BCUT2D eigenvalue weighted by Crippen LogP contribution is -2.54. The molecule has 2 amide bonds. The maximum Gasteiger partial charge on any atom is 0.241 e.